The molecule has 2 amide bonds. The Morgan fingerprint density at radius 1 is 1.28 bits per heavy atom. The highest BCUT2D eigenvalue weighted by Crippen LogP contribution is 2.38. The number of rotatable bonds is 3. The maximum atomic E-state index is 15.3. The van der Waals surface area contributed by atoms with Gasteiger partial charge >= 0.3 is 6.03 Å². The van der Waals surface area contributed by atoms with Crippen LogP contribution in [0.2, 0.25) is 0 Å². The normalized spacial score (nSPS) is 17.6. The van der Waals surface area contributed by atoms with Crippen molar-refractivity contribution in [3.05, 3.63) is 41.6 Å². The molecule has 2 aromatic heterocycles. The van der Waals surface area contributed by atoms with Gasteiger partial charge in [0.2, 0.25) is 0 Å². The van der Waals surface area contributed by atoms with Gasteiger partial charge in [-0.2, -0.15) is 0 Å². The Hall–Kier alpha value is -3.46. The summed E-state index contributed by atoms with van der Waals surface area (Å²) in [7, 11) is 0. The first-order chi connectivity index (χ1) is 15.5. The van der Waals surface area contributed by atoms with Crippen molar-refractivity contribution >= 4 is 34.0 Å². The number of pyridine rings is 2. The van der Waals surface area contributed by atoms with Gasteiger partial charge in [-0.15, -0.1) is 0 Å². The molecular weight excluding hydrogens is 411 g/mol. The number of hydrogen-bond acceptors (Lipinski definition) is 6. The molecule has 1 atom stereocenters. The lowest BCUT2D eigenvalue weighted by Crippen LogP contribution is -2.38. The molecule has 166 valence electrons. The van der Waals surface area contributed by atoms with Crippen LogP contribution >= 0.6 is 0 Å². The molecule has 0 aliphatic carbocycles. The van der Waals surface area contributed by atoms with Gasteiger partial charge in [-0.05, 0) is 49.3 Å². The number of carbonyl (C=O) groups is 1. The Kier molecular flexibility index (Phi) is 5.26. The molecule has 9 heteroatoms. The number of nitrogens with one attached hydrogen (secondary N) is 3. The number of nitrogen functional groups attached to an aromatic ring is 1. The summed E-state index contributed by atoms with van der Waals surface area (Å²) in [6, 6.07) is 3.05. The third kappa shape index (κ3) is 3.69. The van der Waals surface area contributed by atoms with E-state index in [0.717, 1.165) is 42.8 Å². The Labute approximate surface area is 184 Å². The number of hydrogen-bond donors (Lipinski definition) is 4. The highest BCUT2D eigenvalue weighted by Gasteiger charge is 2.21. The molecule has 5 N–H and O–H groups in total. The van der Waals surface area contributed by atoms with Crippen molar-refractivity contribution in [2.75, 3.05) is 36.1 Å². The molecule has 3 aromatic rings. The second kappa shape index (κ2) is 8.23. The average Bonchev–Trinajstić information content (AvgIpc) is 3.30. The van der Waals surface area contributed by atoms with E-state index in [1.165, 1.54) is 6.20 Å². The number of aryl methyl sites for hydroxylation is 1. The van der Waals surface area contributed by atoms with Crippen LogP contribution in [0.4, 0.5) is 26.4 Å². The van der Waals surface area contributed by atoms with Gasteiger partial charge in [0.05, 0.1) is 29.7 Å². The van der Waals surface area contributed by atoms with E-state index >= 15 is 4.39 Å². The van der Waals surface area contributed by atoms with Gasteiger partial charge in [0.15, 0.2) is 5.82 Å². The van der Waals surface area contributed by atoms with Crippen molar-refractivity contribution in [2.24, 2.45) is 0 Å². The lowest BCUT2D eigenvalue weighted by atomic mass is 9.95. The van der Waals surface area contributed by atoms with Crippen LogP contribution < -0.4 is 21.7 Å². The molecular formula is C23H25FN6O2. The summed E-state index contributed by atoms with van der Waals surface area (Å²) in [4.78, 5) is 21.1. The number of anilines is 3. The summed E-state index contributed by atoms with van der Waals surface area (Å²) in [5.41, 5.74) is 10.1. The van der Waals surface area contributed by atoms with Gasteiger partial charge in [0.25, 0.3) is 0 Å². The topological polar surface area (TPSA) is 114 Å². The molecule has 8 nitrogen and oxygen atoms in total. The van der Waals surface area contributed by atoms with Gasteiger partial charge in [0.1, 0.15) is 5.82 Å². The zero-order valence-corrected chi connectivity index (χ0v) is 17.8. The first kappa shape index (κ1) is 20.4. The van der Waals surface area contributed by atoms with Crippen LogP contribution in [0, 0.1) is 12.7 Å². The largest absolute Gasteiger partial charge is 0.396 e. The highest BCUT2D eigenvalue weighted by molar-refractivity contribution is 5.99. The minimum atomic E-state index is -0.500. The van der Waals surface area contributed by atoms with Gasteiger partial charge < -0.3 is 21.1 Å². The van der Waals surface area contributed by atoms with Crippen molar-refractivity contribution < 1.29 is 13.9 Å². The standard InChI is InChI=1S/C23H25FN6O2/c1-12-16(9-27-18-3-2-5-26-22(12)18)15-7-13-8-19(28-10-17(13)21(25)20(15)24)30-23(31)29-14-4-6-32-11-14/h7-10,14,26H,2-6,11,25H2,1H3,(H2,28,29,30,31)/t14-/m1/s1. The first-order valence-corrected chi connectivity index (χ1v) is 10.8. The minimum absolute atomic E-state index is 0.0140. The summed E-state index contributed by atoms with van der Waals surface area (Å²) < 4.78 is 20.5. The van der Waals surface area contributed by atoms with E-state index in [2.05, 4.69) is 25.9 Å². The Bertz CT molecular complexity index is 1210. The highest BCUT2D eigenvalue weighted by atomic mass is 19.1. The summed E-state index contributed by atoms with van der Waals surface area (Å²) >= 11 is 0. The average molecular weight is 436 g/mol. The minimum Gasteiger partial charge on any atom is -0.396 e. The van der Waals surface area contributed by atoms with E-state index in [0.29, 0.717) is 40.9 Å². The molecule has 0 bridgehead atoms. The zero-order chi connectivity index (χ0) is 22.2. The number of aromatic nitrogens is 2. The number of carbonyl (C=O) groups excluding carboxylic acids is 1. The molecule has 0 saturated carbocycles. The summed E-state index contributed by atoms with van der Waals surface area (Å²) in [5.74, 6) is -0.146. The van der Waals surface area contributed by atoms with Crippen LogP contribution in [0.3, 0.4) is 0 Å². The molecule has 2 aliphatic heterocycles. The Morgan fingerprint density at radius 2 is 2.16 bits per heavy atom. The number of amides is 2. The molecule has 0 unspecified atom stereocenters. The summed E-state index contributed by atoms with van der Waals surface area (Å²) in [5, 5.41) is 10.1. The molecule has 1 saturated heterocycles. The van der Waals surface area contributed by atoms with Gasteiger partial charge in [-0.25, -0.2) is 14.2 Å². The second-order valence-corrected chi connectivity index (χ2v) is 8.25. The maximum absolute atomic E-state index is 15.3. The molecule has 32 heavy (non-hydrogen) atoms. The number of ether oxygens (including phenoxy) is 1. The SMILES string of the molecule is Cc1c(-c2cc3cc(NC(=O)N[C@@H]4CCOC4)ncc3c(N)c2F)cnc2c1NCCC2. The fourth-order valence-electron chi connectivity index (χ4n) is 4.37. The number of benzene rings is 1. The van der Waals surface area contributed by atoms with E-state index in [1.807, 2.05) is 6.92 Å². The van der Waals surface area contributed by atoms with E-state index in [1.54, 1.807) is 18.3 Å². The third-order valence-electron chi connectivity index (χ3n) is 6.10. The predicted molar refractivity (Wildman–Crippen MR) is 122 cm³/mol. The summed E-state index contributed by atoms with van der Waals surface area (Å²) in [6.07, 6.45) is 5.90. The van der Waals surface area contributed by atoms with Crippen LogP contribution in [-0.2, 0) is 11.2 Å². The number of halogens is 1. The molecule has 1 fully saturated rings. The molecule has 0 radical (unpaired) electrons. The lowest BCUT2D eigenvalue weighted by Gasteiger charge is -2.21. The number of nitrogens with zero attached hydrogens (tertiary/aromatic N) is 2. The van der Waals surface area contributed by atoms with Crippen LogP contribution in [0.1, 0.15) is 24.1 Å². The van der Waals surface area contributed by atoms with Crippen molar-refractivity contribution in [3.63, 3.8) is 0 Å². The molecule has 4 heterocycles. The fourth-order valence-corrected chi connectivity index (χ4v) is 4.37. The molecule has 2 aliphatic rings. The predicted octanol–water partition coefficient (Wildman–Crippen LogP) is 3.60. The fraction of sp³-hybridized carbons (Fsp3) is 0.348. The Morgan fingerprint density at radius 3 is 2.97 bits per heavy atom. The molecule has 0 spiro atoms. The van der Waals surface area contributed by atoms with Gasteiger partial charge in [-0.3, -0.25) is 10.3 Å². The number of urea groups is 1. The van der Waals surface area contributed by atoms with Crippen molar-refractivity contribution in [1.29, 1.82) is 0 Å². The van der Waals surface area contributed by atoms with Gasteiger partial charge in [0, 0.05) is 42.1 Å². The second-order valence-electron chi connectivity index (χ2n) is 8.25. The van der Waals surface area contributed by atoms with Crippen LogP contribution in [0.25, 0.3) is 21.9 Å². The van der Waals surface area contributed by atoms with Crippen molar-refractivity contribution in [3.8, 4) is 11.1 Å². The van der Waals surface area contributed by atoms with Crippen LogP contribution in [-0.4, -0.2) is 41.8 Å². The smallest absolute Gasteiger partial charge is 0.320 e. The third-order valence-corrected chi connectivity index (χ3v) is 6.10. The van der Waals surface area contributed by atoms with E-state index < -0.39 is 5.82 Å². The Balaban J connectivity index is 1.50. The quantitative estimate of drug-likeness (QED) is 0.467. The van der Waals surface area contributed by atoms with E-state index in [-0.39, 0.29) is 17.8 Å². The maximum Gasteiger partial charge on any atom is 0.320 e. The van der Waals surface area contributed by atoms with Crippen molar-refractivity contribution in [2.45, 2.75) is 32.2 Å². The summed E-state index contributed by atoms with van der Waals surface area (Å²) in [6.45, 7) is 3.97. The van der Waals surface area contributed by atoms with Crippen LogP contribution in [0.5, 0.6) is 0 Å². The van der Waals surface area contributed by atoms with Crippen molar-refractivity contribution in [1.82, 2.24) is 15.3 Å². The molecule has 5 rings (SSSR count). The first-order valence-electron chi connectivity index (χ1n) is 10.8. The van der Waals surface area contributed by atoms with Crippen LogP contribution in [0.15, 0.2) is 24.5 Å². The zero-order valence-electron chi connectivity index (χ0n) is 17.8. The van der Waals surface area contributed by atoms with E-state index in [9.17, 15) is 4.79 Å². The number of nitrogens with two attached hydrogens (primary N) is 1. The van der Waals surface area contributed by atoms with Gasteiger partial charge in [-0.1, -0.05) is 0 Å². The number of fused-ring (bicyclic) bond motifs is 2. The van der Waals surface area contributed by atoms with E-state index in [4.69, 9.17) is 10.5 Å². The monoisotopic (exact) mass is 436 g/mol. The molecule has 1 aromatic carbocycles. The lowest BCUT2D eigenvalue weighted by molar-refractivity contribution is 0.189.